The van der Waals surface area contributed by atoms with Crippen LogP contribution in [-0.2, 0) is 6.54 Å². The first-order valence-electron chi connectivity index (χ1n) is 6.16. The van der Waals surface area contributed by atoms with Gasteiger partial charge in [0.15, 0.2) is 0 Å². The quantitative estimate of drug-likeness (QED) is 0.722. The third kappa shape index (κ3) is 3.15. The van der Waals surface area contributed by atoms with Gasteiger partial charge < -0.3 is 5.32 Å². The summed E-state index contributed by atoms with van der Waals surface area (Å²) >= 11 is 7.49. The molecule has 0 aliphatic rings. The van der Waals surface area contributed by atoms with E-state index in [0.717, 1.165) is 22.0 Å². The first kappa shape index (κ1) is 13.1. The molecule has 0 unspecified atom stereocenters. The van der Waals surface area contributed by atoms with Gasteiger partial charge in [0.2, 0.25) is 0 Å². The Hall–Kier alpha value is -1.91. The topological polar surface area (TPSA) is 37.8 Å². The molecule has 3 nitrogen and oxygen atoms in total. The molecule has 3 aromatic rings. The first-order valence-corrected chi connectivity index (χ1v) is 7.42. The Bertz CT molecular complexity index is 697. The minimum atomic E-state index is 0.485. The van der Waals surface area contributed by atoms with Gasteiger partial charge in [-0.15, -0.1) is 11.3 Å². The summed E-state index contributed by atoms with van der Waals surface area (Å²) in [6, 6.07) is 13.9. The van der Waals surface area contributed by atoms with Crippen molar-refractivity contribution in [2.24, 2.45) is 0 Å². The Morgan fingerprint density at radius 3 is 2.80 bits per heavy atom. The lowest BCUT2D eigenvalue weighted by molar-refractivity contribution is 1.10. The van der Waals surface area contributed by atoms with Crippen LogP contribution in [0.5, 0.6) is 0 Å². The molecule has 0 aliphatic carbocycles. The third-order valence-corrected chi connectivity index (χ3v) is 3.85. The molecule has 0 bridgehead atoms. The molecular formula is C15H12ClN3S. The lowest BCUT2D eigenvalue weighted by atomic mass is 10.2. The summed E-state index contributed by atoms with van der Waals surface area (Å²) in [6.07, 6.45) is 1.68. The second kappa shape index (κ2) is 6.03. The Kier molecular flexibility index (Phi) is 3.95. The van der Waals surface area contributed by atoms with Gasteiger partial charge in [-0.05, 0) is 12.1 Å². The summed E-state index contributed by atoms with van der Waals surface area (Å²) in [5.74, 6) is 0. The van der Waals surface area contributed by atoms with Crippen molar-refractivity contribution in [2.75, 3.05) is 5.32 Å². The molecule has 0 aliphatic heterocycles. The molecule has 2 aromatic heterocycles. The maximum absolute atomic E-state index is 5.85. The fourth-order valence-corrected chi connectivity index (χ4v) is 2.74. The minimum absolute atomic E-state index is 0.485. The number of aromatic nitrogens is 2. The molecule has 0 saturated carbocycles. The van der Waals surface area contributed by atoms with Crippen molar-refractivity contribution in [3.8, 4) is 11.3 Å². The number of nitrogens with one attached hydrogen (secondary N) is 1. The molecule has 20 heavy (non-hydrogen) atoms. The van der Waals surface area contributed by atoms with E-state index in [2.05, 4.69) is 32.8 Å². The number of thiazole rings is 1. The van der Waals surface area contributed by atoms with E-state index in [-0.39, 0.29) is 0 Å². The Morgan fingerprint density at radius 1 is 1.15 bits per heavy atom. The van der Waals surface area contributed by atoms with Gasteiger partial charge in [0.25, 0.3) is 0 Å². The van der Waals surface area contributed by atoms with Crippen molar-refractivity contribution >= 4 is 28.6 Å². The smallest absolute Gasteiger partial charge is 0.131 e. The summed E-state index contributed by atoms with van der Waals surface area (Å²) < 4.78 is 0. The molecule has 0 atom stereocenters. The molecule has 5 heteroatoms. The summed E-state index contributed by atoms with van der Waals surface area (Å²) in [7, 11) is 0. The lowest BCUT2D eigenvalue weighted by Crippen LogP contribution is -1.99. The zero-order valence-corrected chi connectivity index (χ0v) is 12.2. The van der Waals surface area contributed by atoms with Crippen LogP contribution in [0.4, 0.5) is 5.69 Å². The maximum atomic E-state index is 5.85. The number of hydrogen-bond donors (Lipinski definition) is 1. The van der Waals surface area contributed by atoms with Gasteiger partial charge in [0.05, 0.1) is 12.2 Å². The number of nitrogens with zero attached hydrogens (tertiary/aromatic N) is 2. The van der Waals surface area contributed by atoms with Gasteiger partial charge in [-0.2, -0.15) is 0 Å². The van der Waals surface area contributed by atoms with Gasteiger partial charge in [-0.3, -0.25) is 0 Å². The second-order valence-electron chi connectivity index (χ2n) is 4.21. The average Bonchev–Trinajstić information content (AvgIpc) is 2.95. The van der Waals surface area contributed by atoms with E-state index >= 15 is 0 Å². The highest BCUT2D eigenvalue weighted by molar-refractivity contribution is 7.09. The van der Waals surface area contributed by atoms with Crippen molar-refractivity contribution in [3.05, 3.63) is 64.2 Å². The standard InChI is InChI=1S/C15H12ClN3S/c16-14-8-12(6-7-17-14)18-9-15-19-13(10-20-15)11-4-2-1-3-5-11/h1-8,10H,9H2,(H,17,18). The van der Waals surface area contributed by atoms with E-state index in [0.29, 0.717) is 11.7 Å². The summed E-state index contributed by atoms with van der Waals surface area (Å²) in [5.41, 5.74) is 3.10. The summed E-state index contributed by atoms with van der Waals surface area (Å²) in [5, 5.41) is 6.89. The first-order chi connectivity index (χ1) is 9.81. The zero-order chi connectivity index (χ0) is 13.8. The normalized spacial score (nSPS) is 10.4. The van der Waals surface area contributed by atoms with E-state index in [1.165, 1.54) is 0 Å². The average molecular weight is 302 g/mol. The van der Waals surface area contributed by atoms with E-state index in [4.69, 9.17) is 11.6 Å². The predicted molar refractivity (Wildman–Crippen MR) is 84.1 cm³/mol. The monoisotopic (exact) mass is 301 g/mol. The molecular weight excluding hydrogens is 290 g/mol. The molecule has 0 spiro atoms. The van der Waals surface area contributed by atoms with E-state index < -0.39 is 0 Å². The van der Waals surface area contributed by atoms with E-state index in [9.17, 15) is 0 Å². The van der Waals surface area contributed by atoms with Crippen LogP contribution in [0.15, 0.2) is 54.0 Å². The number of halogens is 1. The van der Waals surface area contributed by atoms with Crippen LogP contribution in [0, 0.1) is 0 Å². The zero-order valence-electron chi connectivity index (χ0n) is 10.6. The van der Waals surface area contributed by atoms with Crippen LogP contribution in [0.25, 0.3) is 11.3 Å². The van der Waals surface area contributed by atoms with Gasteiger partial charge in [0.1, 0.15) is 10.2 Å². The van der Waals surface area contributed by atoms with Crippen molar-refractivity contribution in [1.82, 2.24) is 9.97 Å². The van der Waals surface area contributed by atoms with Crippen LogP contribution in [-0.4, -0.2) is 9.97 Å². The van der Waals surface area contributed by atoms with Crippen LogP contribution in [0.2, 0.25) is 5.15 Å². The third-order valence-electron chi connectivity index (χ3n) is 2.79. The molecule has 3 rings (SSSR count). The Morgan fingerprint density at radius 2 is 2.00 bits per heavy atom. The molecule has 0 fully saturated rings. The van der Waals surface area contributed by atoms with Crippen LogP contribution in [0.1, 0.15) is 5.01 Å². The largest absolute Gasteiger partial charge is 0.378 e. The SMILES string of the molecule is Clc1cc(NCc2nc(-c3ccccc3)cs2)ccn1. The van der Waals surface area contributed by atoms with Crippen molar-refractivity contribution < 1.29 is 0 Å². The predicted octanol–water partition coefficient (Wildman–Crippen LogP) is 4.47. The van der Waals surface area contributed by atoms with Crippen LogP contribution >= 0.6 is 22.9 Å². The molecule has 1 N–H and O–H groups in total. The minimum Gasteiger partial charge on any atom is -0.378 e. The highest BCUT2D eigenvalue weighted by Gasteiger charge is 2.04. The van der Waals surface area contributed by atoms with Gasteiger partial charge >= 0.3 is 0 Å². The lowest BCUT2D eigenvalue weighted by Gasteiger charge is -2.03. The Balaban J connectivity index is 1.69. The maximum Gasteiger partial charge on any atom is 0.131 e. The van der Waals surface area contributed by atoms with E-state index in [1.54, 1.807) is 23.6 Å². The highest BCUT2D eigenvalue weighted by atomic mass is 35.5. The van der Waals surface area contributed by atoms with Gasteiger partial charge in [0, 0.05) is 22.8 Å². The molecule has 100 valence electrons. The van der Waals surface area contributed by atoms with Crippen LogP contribution < -0.4 is 5.32 Å². The fraction of sp³-hybridized carbons (Fsp3) is 0.0667. The Labute approximate surface area is 126 Å². The number of rotatable bonds is 4. The molecule has 1 aromatic carbocycles. The summed E-state index contributed by atoms with van der Waals surface area (Å²) in [6.45, 7) is 0.678. The molecule has 2 heterocycles. The number of pyridine rings is 1. The molecule has 0 amide bonds. The van der Waals surface area contributed by atoms with Gasteiger partial charge in [-0.25, -0.2) is 9.97 Å². The molecule has 0 saturated heterocycles. The molecule has 0 radical (unpaired) electrons. The van der Waals surface area contributed by atoms with Crippen LogP contribution in [0.3, 0.4) is 0 Å². The second-order valence-corrected chi connectivity index (χ2v) is 5.54. The van der Waals surface area contributed by atoms with Crippen molar-refractivity contribution in [2.45, 2.75) is 6.54 Å². The van der Waals surface area contributed by atoms with E-state index in [1.807, 2.05) is 24.3 Å². The fourth-order valence-electron chi connectivity index (χ4n) is 1.82. The highest BCUT2D eigenvalue weighted by Crippen LogP contribution is 2.22. The number of benzene rings is 1. The van der Waals surface area contributed by atoms with Crippen molar-refractivity contribution in [3.63, 3.8) is 0 Å². The number of anilines is 1. The van der Waals surface area contributed by atoms with Crippen molar-refractivity contribution in [1.29, 1.82) is 0 Å². The van der Waals surface area contributed by atoms with Gasteiger partial charge in [-0.1, -0.05) is 41.9 Å². The number of hydrogen-bond acceptors (Lipinski definition) is 4. The summed E-state index contributed by atoms with van der Waals surface area (Å²) in [4.78, 5) is 8.58.